The molecule has 0 saturated carbocycles. The average molecular weight is 302 g/mol. The van der Waals surface area contributed by atoms with E-state index in [1.54, 1.807) is 6.92 Å². The Balaban J connectivity index is 2.62. The van der Waals surface area contributed by atoms with Gasteiger partial charge < -0.3 is 15.2 Å². The smallest absolute Gasteiger partial charge is 0.123 e. The first kappa shape index (κ1) is 14.5. The molecule has 0 heterocycles. The minimum Gasteiger partial charge on any atom is -0.493 e. The van der Waals surface area contributed by atoms with E-state index in [1.165, 1.54) is 0 Å². The second-order valence-corrected chi connectivity index (χ2v) is 5.00. The van der Waals surface area contributed by atoms with E-state index < -0.39 is 0 Å². The first-order chi connectivity index (χ1) is 8.13. The van der Waals surface area contributed by atoms with Gasteiger partial charge in [-0.05, 0) is 31.5 Å². The molecule has 0 amide bonds. The Kier molecular flexibility index (Phi) is 6.55. The molecule has 0 aromatic heterocycles. The van der Waals surface area contributed by atoms with Gasteiger partial charge in [-0.1, -0.05) is 22.9 Å². The van der Waals surface area contributed by atoms with Gasteiger partial charge in [-0.3, -0.25) is 0 Å². The highest BCUT2D eigenvalue weighted by atomic mass is 79.9. The number of halogens is 1. The van der Waals surface area contributed by atoms with E-state index in [9.17, 15) is 5.11 Å². The number of hydrogen-bond donors (Lipinski definition) is 2. The lowest BCUT2D eigenvalue weighted by molar-refractivity contribution is 0.190. The molecule has 1 rings (SSSR count). The summed E-state index contributed by atoms with van der Waals surface area (Å²) in [7, 11) is 0. The van der Waals surface area contributed by atoms with Gasteiger partial charge in [-0.2, -0.15) is 0 Å². The fourth-order valence-corrected chi connectivity index (χ4v) is 1.86. The van der Waals surface area contributed by atoms with Gasteiger partial charge in [0.25, 0.3) is 0 Å². The van der Waals surface area contributed by atoms with Gasteiger partial charge in [0, 0.05) is 23.1 Å². The van der Waals surface area contributed by atoms with Gasteiger partial charge in [0.15, 0.2) is 0 Å². The van der Waals surface area contributed by atoms with Crippen molar-refractivity contribution in [2.45, 2.75) is 32.9 Å². The fourth-order valence-electron chi connectivity index (χ4n) is 1.45. The van der Waals surface area contributed by atoms with Crippen molar-refractivity contribution >= 4 is 15.9 Å². The van der Waals surface area contributed by atoms with Gasteiger partial charge in [0.05, 0.1) is 12.7 Å². The maximum atomic E-state index is 9.19. The van der Waals surface area contributed by atoms with Crippen molar-refractivity contribution in [2.24, 2.45) is 0 Å². The van der Waals surface area contributed by atoms with Crippen molar-refractivity contribution in [2.75, 3.05) is 13.2 Å². The Bertz CT molecular complexity index is 342. The molecular weight excluding hydrogens is 282 g/mol. The van der Waals surface area contributed by atoms with Crippen LogP contribution in [-0.2, 0) is 6.54 Å². The molecule has 17 heavy (non-hydrogen) atoms. The molecule has 1 aromatic rings. The van der Waals surface area contributed by atoms with Crippen LogP contribution in [-0.4, -0.2) is 24.4 Å². The number of nitrogens with one attached hydrogen (secondary N) is 1. The third kappa shape index (κ3) is 5.52. The fraction of sp³-hybridized carbons (Fsp3) is 0.538. The molecular formula is C13H20BrNO2. The van der Waals surface area contributed by atoms with E-state index in [1.807, 2.05) is 18.2 Å². The van der Waals surface area contributed by atoms with E-state index in [0.29, 0.717) is 13.1 Å². The van der Waals surface area contributed by atoms with Crippen molar-refractivity contribution < 1.29 is 9.84 Å². The highest BCUT2D eigenvalue weighted by Gasteiger charge is 2.05. The third-order valence-electron chi connectivity index (χ3n) is 2.24. The van der Waals surface area contributed by atoms with Crippen molar-refractivity contribution in [1.82, 2.24) is 5.32 Å². The molecule has 0 fully saturated rings. The highest BCUT2D eigenvalue weighted by molar-refractivity contribution is 9.10. The van der Waals surface area contributed by atoms with Crippen molar-refractivity contribution in [1.29, 1.82) is 0 Å². The van der Waals surface area contributed by atoms with Crippen LogP contribution >= 0.6 is 15.9 Å². The van der Waals surface area contributed by atoms with Gasteiger partial charge in [-0.15, -0.1) is 0 Å². The molecule has 1 atom stereocenters. The molecule has 0 aliphatic rings. The first-order valence-corrected chi connectivity index (χ1v) is 6.72. The van der Waals surface area contributed by atoms with Crippen LogP contribution in [0, 0.1) is 0 Å². The summed E-state index contributed by atoms with van der Waals surface area (Å²) >= 11 is 3.45. The molecule has 2 N–H and O–H groups in total. The zero-order chi connectivity index (χ0) is 12.7. The van der Waals surface area contributed by atoms with Crippen LogP contribution in [0.2, 0.25) is 0 Å². The van der Waals surface area contributed by atoms with Crippen molar-refractivity contribution in [3.8, 4) is 5.75 Å². The van der Waals surface area contributed by atoms with Crippen LogP contribution in [0.25, 0.3) is 0 Å². The quantitative estimate of drug-likeness (QED) is 0.814. The number of ether oxygens (including phenoxy) is 1. The summed E-state index contributed by atoms with van der Waals surface area (Å²) in [5, 5.41) is 12.4. The number of rotatable bonds is 7. The maximum absolute atomic E-state index is 9.19. The minimum absolute atomic E-state index is 0.331. The van der Waals surface area contributed by atoms with Crippen molar-refractivity contribution in [3.63, 3.8) is 0 Å². The molecule has 0 saturated heterocycles. The standard InChI is InChI=1S/C13H20BrNO2/c1-3-6-17-13-5-4-12(14)7-11(13)9-15-8-10(2)16/h4-5,7,10,15-16H,3,6,8-9H2,1-2H3/t10-/m0/s1. The number of aliphatic hydroxyl groups is 1. The van der Waals surface area contributed by atoms with E-state index >= 15 is 0 Å². The van der Waals surface area contributed by atoms with Crippen LogP contribution in [0.3, 0.4) is 0 Å². The van der Waals surface area contributed by atoms with E-state index in [-0.39, 0.29) is 6.10 Å². The summed E-state index contributed by atoms with van der Waals surface area (Å²) in [4.78, 5) is 0. The zero-order valence-electron chi connectivity index (χ0n) is 10.4. The SMILES string of the molecule is CCCOc1ccc(Br)cc1CNC[C@H](C)O. The zero-order valence-corrected chi connectivity index (χ0v) is 12.0. The summed E-state index contributed by atoms with van der Waals surface area (Å²) in [5.74, 6) is 0.910. The lowest BCUT2D eigenvalue weighted by atomic mass is 10.2. The third-order valence-corrected chi connectivity index (χ3v) is 2.73. The Labute approximate surface area is 111 Å². The van der Waals surface area contributed by atoms with Gasteiger partial charge >= 0.3 is 0 Å². The Morgan fingerprint density at radius 1 is 1.47 bits per heavy atom. The highest BCUT2D eigenvalue weighted by Crippen LogP contribution is 2.23. The van der Waals surface area contributed by atoms with Crippen LogP contribution in [0.5, 0.6) is 5.75 Å². The molecule has 96 valence electrons. The lowest BCUT2D eigenvalue weighted by Crippen LogP contribution is -2.24. The van der Waals surface area contributed by atoms with Gasteiger partial charge in [0.1, 0.15) is 5.75 Å². The second-order valence-electron chi connectivity index (χ2n) is 4.08. The summed E-state index contributed by atoms with van der Waals surface area (Å²) in [6.45, 7) is 5.86. The largest absolute Gasteiger partial charge is 0.493 e. The normalized spacial score (nSPS) is 12.5. The summed E-state index contributed by atoms with van der Waals surface area (Å²) in [6.07, 6.45) is 0.665. The Morgan fingerprint density at radius 2 is 2.24 bits per heavy atom. The molecule has 0 bridgehead atoms. The predicted octanol–water partition coefficient (Wildman–Crippen LogP) is 2.71. The number of aliphatic hydroxyl groups excluding tert-OH is 1. The molecule has 0 radical (unpaired) electrons. The van der Waals surface area contributed by atoms with Gasteiger partial charge in [-0.25, -0.2) is 0 Å². The molecule has 0 aliphatic heterocycles. The monoisotopic (exact) mass is 301 g/mol. The summed E-state index contributed by atoms with van der Waals surface area (Å²) in [5.41, 5.74) is 1.11. The molecule has 3 nitrogen and oxygen atoms in total. The topological polar surface area (TPSA) is 41.5 Å². The van der Waals surface area contributed by atoms with E-state index in [0.717, 1.165) is 28.8 Å². The van der Waals surface area contributed by atoms with Crippen LogP contribution in [0.15, 0.2) is 22.7 Å². The van der Waals surface area contributed by atoms with Gasteiger partial charge in [0.2, 0.25) is 0 Å². The predicted molar refractivity (Wildman–Crippen MR) is 73.3 cm³/mol. The van der Waals surface area contributed by atoms with Crippen LogP contribution < -0.4 is 10.1 Å². The Hall–Kier alpha value is -0.580. The first-order valence-electron chi connectivity index (χ1n) is 5.93. The number of hydrogen-bond acceptors (Lipinski definition) is 3. The molecule has 0 aliphatic carbocycles. The average Bonchev–Trinajstić information content (AvgIpc) is 2.27. The van der Waals surface area contributed by atoms with Crippen LogP contribution in [0.4, 0.5) is 0 Å². The lowest BCUT2D eigenvalue weighted by Gasteiger charge is -2.13. The molecule has 0 unspecified atom stereocenters. The van der Waals surface area contributed by atoms with E-state index in [4.69, 9.17) is 4.74 Å². The Morgan fingerprint density at radius 3 is 2.88 bits per heavy atom. The van der Waals surface area contributed by atoms with Crippen LogP contribution in [0.1, 0.15) is 25.8 Å². The van der Waals surface area contributed by atoms with E-state index in [2.05, 4.69) is 28.2 Å². The van der Waals surface area contributed by atoms with Crippen molar-refractivity contribution in [3.05, 3.63) is 28.2 Å². The summed E-state index contributed by atoms with van der Waals surface area (Å²) in [6, 6.07) is 5.99. The maximum Gasteiger partial charge on any atom is 0.123 e. The second kappa shape index (κ2) is 7.69. The number of benzene rings is 1. The minimum atomic E-state index is -0.331. The molecule has 1 aromatic carbocycles. The molecule has 4 heteroatoms. The molecule has 0 spiro atoms. The summed E-state index contributed by atoms with van der Waals surface area (Å²) < 4.78 is 6.71.